The van der Waals surface area contributed by atoms with Crippen molar-refractivity contribution >= 4 is 17.4 Å². The highest BCUT2D eigenvalue weighted by atomic mass is 19.1. The van der Waals surface area contributed by atoms with Crippen LogP contribution in [0.1, 0.15) is 12.8 Å². The molecule has 2 unspecified atom stereocenters. The van der Waals surface area contributed by atoms with Crippen molar-refractivity contribution in [2.24, 2.45) is 0 Å². The van der Waals surface area contributed by atoms with E-state index in [1.165, 1.54) is 12.1 Å². The van der Waals surface area contributed by atoms with E-state index in [2.05, 4.69) is 10.2 Å². The van der Waals surface area contributed by atoms with E-state index in [-0.39, 0.29) is 24.1 Å². The van der Waals surface area contributed by atoms with Gasteiger partial charge in [-0.25, -0.2) is 9.18 Å². The number of carbonyl (C=O) groups is 1. The van der Waals surface area contributed by atoms with Crippen molar-refractivity contribution in [2.75, 3.05) is 49.6 Å². The van der Waals surface area contributed by atoms with Gasteiger partial charge >= 0.3 is 6.03 Å². The Morgan fingerprint density at radius 3 is 2.54 bits per heavy atom. The van der Waals surface area contributed by atoms with E-state index >= 15 is 0 Å². The Balaban J connectivity index is 1.45. The highest BCUT2D eigenvalue weighted by Gasteiger charge is 2.34. The quantitative estimate of drug-likeness (QED) is 0.899. The number of urea groups is 1. The van der Waals surface area contributed by atoms with Crippen LogP contribution in [0.2, 0.25) is 0 Å². The zero-order valence-corrected chi connectivity index (χ0v) is 13.5. The third-order valence-corrected chi connectivity index (χ3v) is 4.73. The molecule has 6 nitrogen and oxygen atoms in total. The maximum Gasteiger partial charge on any atom is 0.322 e. The predicted octanol–water partition coefficient (Wildman–Crippen LogP) is 2.06. The van der Waals surface area contributed by atoms with Gasteiger partial charge in [0, 0.05) is 24.5 Å². The van der Waals surface area contributed by atoms with E-state index in [1.807, 2.05) is 6.07 Å². The fourth-order valence-corrected chi connectivity index (χ4v) is 3.61. The fourth-order valence-electron chi connectivity index (χ4n) is 3.61. The number of benzene rings is 1. The molecular formula is C17H22FN3O3. The molecule has 3 heterocycles. The molecule has 130 valence electrons. The molecule has 2 atom stereocenters. The van der Waals surface area contributed by atoms with E-state index in [9.17, 15) is 9.18 Å². The van der Waals surface area contributed by atoms with Crippen LogP contribution in [0.4, 0.5) is 20.6 Å². The highest BCUT2D eigenvalue weighted by Crippen LogP contribution is 2.26. The number of rotatable bonds is 2. The van der Waals surface area contributed by atoms with Gasteiger partial charge in [-0.1, -0.05) is 0 Å². The van der Waals surface area contributed by atoms with E-state index in [0.717, 1.165) is 31.6 Å². The van der Waals surface area contributed by atoms with Crippen molar-refractivity contribution in [1.29, 1.82) is 0 Å². The van der Waals surface area contributed by atoms with Gasteiger partial charge in [0.2, 0.25) is 0 Å². The van der Waals surface area contributed by atoms with Crippen LogP contribution >= 0.6 is 0 Å². The number of carbonyl (C=O) groups excluding carboxylic acids is 1. The lowest BCUT2D eigenvalue weighted by Gasteiger charge is -2.41. The first-order chi connectivity index (χ1) is 11.7. The molecule has 24 heavy (non-hydrogen) atoms. The second-order valence-electron chi connectivity index (χ2n) is 6.64. The third kappa shape index (κ3) is 3.32. The Kier molecular flexibility index (Phi) is 4.28. The van der Waals surface area contributed by atoms with Crippen LogP contribution in [0, 0.1) is 5.82 Å². The molecule has 2 amide bonds. The summed E-state index contributed by atoms with van der Waals surface area (Å²) in [7, 11) is 0. The highest BCUT2D eigenvalue weighted by molar-refractivity contribution is 5.90. The summed E-state index contributed by atoms with van der Waals surface area (Å²) in [6.45, 7) is 3.89. The number of anilines is 2. The number of morpholine rings is 1. The summed E-state index contributed by atoms with van der Waals surface area (Å²) >= 11 is 0. The monoisotopic (exact) mass is 335 g/mol. The molecule has 1 N–H and O–H groups in total. The molecule has 3 fully saturated rings. The average Bonchev–Trinajstić information content (AvgIpc) is 3.08. The molecule has 1 aromatic carbocycles. The lowest BCUT2D eigenvalue weighted by molar-refractivity contribution is -0.170. The van der Waals surface area contributed by atoms with Crippen LogP contribution in [0.15, 0.2) is 18.2 Å². The van der Waals surface area contributed by atoms with Gasteiger partial charge in [-0.05, 0) is 31.0 Å². The first-order valence-electron chi connectivity index (χ1n) is 8.52. The number of halogens is 1. The van der Waals surface area contributed by atoms with Crippen LogP contribution < -0.4 is 10.2 Å². The summed E-state index contributed by atoms with van der Waals surface area (Å²) in [5.74, 6) is -0.332. The number of nitrogens with one attached hydrogen (secondary N) is 1. The lowest BCUT2D eigenvalue weighted by Crippen LogP contribution is -2.56. The molecular weight excluding hydrogens is 313 g/mol. The van der Waals surface area contributed by atoms with E-state index in [1.54, 1.807) is 4.90 Å². The van der Waals surface area contributed by atoms with Gasteiger partial charge in [-0.3, -0.25) is 0 Å². The molecule has 7 heteroatoms. The van der Waals surface area contributed by atoms with E-state index in [4.69, 9.17) is 9.47 Å². The first-order valence-corrected chi connectivity index (χ1v) is 8.52. The first kappa shape index (κ1) is 15.7. The SMILES string of the molecule is O=C(Nc1cc(F)cc(N2CCCC2)c1)N1CC2COCC(C1)O2. The largest absolute Gasteiger partial charge is 0.376 e. The number of amides is 2. The molecule has 3 aliphatic rings. The Morgan fingerprint density at radius 2 is 1.83 bits per heavy atom. The summed E-state index contributed by atoms with van der Waals surface area (Å²) in [5, 5.41) is 2.83. The lowest BCUT2D eigenvalue weighted by atomic mass is 10.2. The minimum absolute atomic E-state index is 0.0732. The third-order valence-electron chi connectivity index (χ3n) is 4.73. The maximum atomic E-state index is 13.9. The molecule has 0 saturated carbocycles. The number of hydrogen-bond donors (Lipinski definition) is 1. The molecule has 0 radical (unpaired) electrons. The van der Waals surface area contributed by atoms with Gasteiger partial charge in [0.1, 0.15) is 5.82 Å². The summed E-state index contributed by atoms with van der Waals surface area (Å²) in [4.78, 5) is 16.4. The molecule has 1 aromatic rings. The molecule has 2 bridgehead atoms. The average molecular weight is 335 g/mol. The van der Waals surface area contributed by atoms with Crippen LogP contribution in [0.5, 0.6) is 0 Å². The van der Waals surface area contributed by atoms with Gasteiger partial charge in [0.25, 0.3) is 0 Å². The van der Waals surface area contributed by atoms with Gasteiger partial charge in [-0.2, -0.15) is 0 Å². The van der Waals surface area contributed by atoms with Crippen molar-refractivity contribution in [3.8, 4) is 0 Å². The van der Waals surface area contributed by atoms with Gasteiger partial charge < -0.3 is 24.6 Å². The summed E-state index contributed by atoms with van der Waals surface area (Å²) in [6.07, 6.45) is 2.10. The van der Waals surface area contributed by atoms with E-state index in [0.29, 0.717) is 32.0 Å². The predicted molar refractivity (Wildman–Crippen MR) is 87.9 cm³/mol. The van der Waals surface area contributed by atoms with Gasteiger partial charge in [0.05, 0.1) is 38.5 Å². The van der Waals surface area contributed by atoms with Crippen LogP contribution in [-0.2, 0) is 9.47 Å². The Bertz CT molecular complexity index is 609. The normalized spacial score (nSPS) is 26.5. The van der Waals surface area contributed by atoms with Gasteiger partial charge in [-0.15, -0.1) is 0 Å². The van der Waals surface area contributed by atoms with Crippen molar-refractivity contribution in [2.45, 2.75) is 25.0 Å². The van der Waals surface area contributed by atoms with Gasteiger partial charge in [0.15, 0.2) is 0 Å². The minimum Gasteiger partial charge on any atom is -0.376 e. The number of hydrogen-bond acceptors (Lipinski definition) is 4. The number of nitrogens with zero attached hydrogens (tertiary/aromatic N) is 2. The maximum absolute atomic E-state index is 13.9. The number of fused-ring (bicyclic) bond motifs is 2. The Labute approximate surface area is 140 Å². The van der Waals surface area contributed by atoms with Crippen molar-refractivity contribution in [3.05, 3.63) is 24.0 Å². The molecule has 3 aliphatic heterocycles. The Hall–Kier alpha value is -1.86. The summed E-state index contributed by atoms with van der Waals surface area (Å²) in [5.41, 5.74) is 1.32. The second-order valence-corrected chi connectivity index (χ2v) is 6.64. The zero-order chi connectivity index (χ0) is 16.5. The Morgan fingerprint density at radius 1 is 1.12 bits per heavy atom. The van der Waals surface area contributed by atoms with Crippen molar-refractivity contribution in [3.63, 3.8) is 0 Å². The van der Waals surface area contributed by atoms with Crippen LogP contribution in [0.25, 0.3) is 0 Å². The standard InChI is InChI=1S/C17H22FN3O3/c18-12-5-13(7-14(6-12)20-3-1-2-4-20)19-17(22)21-8-15-10-23-11-16(9-21)24-15/h5-7,15-16H,1-4,8-11H2,(H,19,22). The fraction of sp³-hybridized carbons (Fsp3) is 0.588. The molecule has 0 aromatic heterocycles. The zero-order valence-electron chi connectivity index (χ0n) is 13.5. The molecule has 4 rings (SSSR count). The van der Waals surface area contributed by atoms with Crippen molar-refractivity contribution in [1.82, 2.24) is 4.90 Å². The minimum atomic E-state index is -0.332. The molecule has 3 saturated heterocycles. The van der Waals surface area contributed by atoms with Crippen LogP contribution in [0.3, 0.4) is 0 Å². The smallest absolute Gasteiger partial charge is 0.322 e. The van der Waals surface area contributed by atoms with Crippen LogP contribution in [-0.4, -0.2) is 62.5 Å². The second kappa shape index (κ2) is 6.57. The number of ether oxygens (including phenoxy) is 2. The van der Waals surface area contributed by atoms with Crippen molar-refractivity contribution < 1.29 is 18.7 Å². The summed E-state index contributed by atoms with van der Waals surface area (Å²) in [6, 6.07) is 4.52. The molecule has 0 aliphatic carbocycles. The molecule has 0 spiro atoms. The topological polar surface area (TPSA) is 54.0 Å². The van der Waals surface area contributed by atoms with E-state index < -0.39 is 0 Å². The summed E-state index contributed by atoms with van der Waals surface area (Å²) < 4.78 is 25.1.